The number of halogens is 2. The first-order valence-corrected chi connectivity index (χ1v) is 6.13. The minimum absolute atomic E-state index is 0.0110. The molecule has 16 heavy (non-hydrogen) atoms. The predicted octanol–water partition coefficient (Wildman–Crippen LogP) is 3.35. The molecule has 0 aromatic heterocycles. The second kappa shape index (κ2) is 6.12. The average Bonchev–Trinajstić information content (AvgIpc) is 2.29. The van der Waals surface area contributed by atoms with Gasteiger partial charge in [0.2, 0.25) is 0 Å². The summed E-state index contributed by atoms with van der Waals surface area (Å²) in [6.45, 7) is 4.99. The maximum atomic E-state index is 12.1. The van der Waals surface area contributed by atoms with Crippen molar-refractivity contribution in [1.29, 1.82) is 0 Å². The van der Waals surface area contributed by atoms with Gasteiger partial charge in [0.25, 0.3) is 5.91 Å². The van der Waals surface area contributed by atoms with Crippen LogP contribution in [-0.2, 0) is 0 Å². The summed E-state index contributed by atoms with van der Waals surface area (Å²) in [6.07, 6.45) is 0. The highest BCUT2D eigenvalue weighted by Crippen LogP contribution is 2.20. The Hall–Kier alpha value is -0.730. The molecule has 0 heterocycles. The molecular formula is C12H15Cl2NO. The lowest BCUT2D eigenvalue weighted by molar-refractivity contribution is 0.0773. The topological polar surface area (TPSA) is 20.3 Å². The quantitative estimate of drug-likeness (QED) is 0.760. The first-order valence-electron chi connectivity index (χ1n) is 5.22. The van der Waals surface area contributed by atoms with Crippen molar-refractivity contribution < 1.29 is 4.79 Å². The van der Waals surface area contributed by atoms with Crippen molar-refractivity contribution >= 4 is 29.1 Å². The van der Waals surface area contributed by atoms with Crippen LogP contribution in [0.25, 0.3) is 0 Å². The van der Waals surface area contributed by atoms with Crippen LogP contribution in [0, 0.1) is 6.92 Å². The summed E-state index contributed by atoms with van der Waals surface area (Å²) in [5.74, 6) is 0.433. The number of hydrogen-bond donors (Lipinski definition) is 0. The normalized spacial score (nSPS) is 10.2. The molecule has 0 aliphatic rings. The lowest BCUT2D eigenvalue weighted by atomic mass is 10.1. The smallest absolute Gasteiger partial charge is 0.254 e. The van der Waals surface area contributed by atoms with Crippen molar-refractivity contribution in [2.75, 3.05) is 19.0 Å². The number of amides is 1. The molecule has 0 aliphatic carbocycles. The summed E-state index contributed by atoms with van der Waals surface area (Å²) in [5.41, 5.74) is 1.47. The van der Waals surface area contributed by atoms with Crippen LogP contribution in [0.3, 0.4) is 0 Å². The Morgan fingerprint density at radius 2 is 2.12 bits per heavy atom. The number of carbonyl (C=O) groups is 1. The highest BCUT2D eigenvalue weighted by molar-refractivity contribution is 6.31. The van der Waals surface area contributed by atoms with Gasteiger partial charge in [0.1, 0.15) is 0 Å². The highest BCUT2D eigenvalue weighted by atomic mass is 35.5. The van der Waals surface area contributed by atoms with E-state index in [4.69, 9.17) is 23.2 Å². The molecule has 1 amide bonds. The highest BCUT2D eigenvalue weighted by Gasteiger charge is 2.16. The Kier molecular flexibility index (Phi) is 5.10. The Morgan fingerprint density at radius 1 is 1.44 bits per heavy atom. The van der Waals surface area contributed by atoms with Gasteiger partial charge in [-0.3, -0.25) is 4.79 Å². The lowest BCUT2D eigenvalue weighted by Crippen LogP contribution is -2.33. The molecule has 2 nitrogen and oxygen atoms in total. The zero-order valence-electron chi connectivity index (χ0n) is 9.46. The lowest BCUT2D eigenvalue weighted by Gasteiger charge is -2.20. The number of nitrogens with zero attached hydrogens (tertiary/aromatic N) is 1. The standard InChI is InChI=1S/C12H15Cl2NO/c1-3-15(8-7-13)12(16)10-5-4-6-11(14)9(10)2/h4-6H,3,7-8H2,1-2H3. The average molecular weight is 260 g/mol. The second-order valence-electron chi connectivity index (χ2n) is 3.49. The molecule has 0 radical (unpaired) electrons. The van der Waals surface area contributed by atoms with Crippen LogP contribution in [0.1, 0.15) is 22.8 Å². The van der Waals surface area contributed by atoms with E-state index in [1.54, 1.807) is 23.1 Å². The van der Waals surface area contributed by atoms with Crippen molar-refractivity contribution in [2.45, 2.75) is 13.8 Å². The van der Waals surface area contributed by atoms with Gasteiger partial charge in [-0.2, -0.15) is 0 Å². The molecule has 4 heteroatoms. The summed E-state index contributed by atoms with van der Waals surface area (Å²) in [7, 11) is 0. The van der Waals surface area contributed by atoms with Gasteiger partial charge in [0.05, 0.1) is 0 Å². The molecule has 1 rings (SSSR count). The first-order chi connectivity index (χ1) is 7.61. The Bertz CT molecular complexity index is 379. The molecule has 0 aliphatic heterocycles. The fourth-order valence-electron chi connectivity index (χ4n) is 1.51. The molecule has 0 saturated heterocycles. The molecule has 0 saturated carbocycles. The van der Waals surface area contributed by atoms with E-state index in [1.807, 2.05) is 13.8 Å². The minimum atomic E-state index is -0.0110. The van der Waals surface area contributed by atoms with E-state index in [9.17, 15) is 4.79 Å². The number of benzene rings is 1. The van der Waals surface area contributed by atoms with E-state index in [-0.39, 0.29) is 5.91 Å². The fraction of sp³-hybridized carbons (Fsp3) is 0.417. The Labute approximate surface area is 106 Å². The zero-order valence-corrected chi connectivity index (χ0v) is 11.0. The van der Waals surface area contributed by atoms with Gasteiger partial charge in [-0.1, -0.05) is 17.7 Å². The summed E-state index contributed by atoms with van der Waals surface area (Å²) in [4.78, 5) is 13.9. The van der Waals surface area contributed by atoms with Crippen LogP contribution in [0.15, 0.2) is 18.2 Å². The molecule has 88 valence electrons. The van der Waals surface area contributed by atoms with Gasteiger partial charge < -0.3 is 4.90 Å². The van der Waals surface area contributed by atoms with Gasteiger partial charge in [0, 0.05) is 29.6 Å². The third-order valence-electron chi connectivity index (χ3n) is 2.52. The molecule has 1 aromatic carbocycles. The SMILES string of the molecule is CCN(CCCl)C(=O)c1cccc(Cl)c1C. The van der Waals surface area contributed by atoms with Crippen LogP contribution in [0.5, 0.6) is 0 Å². The van der Waals surface area contributed by atoms with E-state index in [0.29, 0.717) is 29.6 Å². The van der Waals surface area contributed by atoms with E-state index >= 15 is 0 Å². The van der Waals surface area contributed by atoms with Crippen LogP contribution < -0.4 is 0 Å². The maximum absolute atomic E-state index is 12.1. The fourth-order valence-corrected chi connectivity index (χ4v) is 1.89. The van der Waals surface area contributed by atoms with Gasteiger partial charge >= 0.3 is 0 Å². The summed E-state index contributed by atoms with van der Waals surface area (Å²) >= 11 is 11.6. The monoisotopic (exact) mass is 259 g/mol. The number of hydrogen-bond acceptors (Lipinski definition) is 1. The number of alkyl halides is 1. The number of rotatable bonds is 4. The zero-order chi connectivity index (χ0) is 12.1. The molecule has 0 fully saturated rings. The number of carbonyl (C=O) groups excluding carboxylic acids is 1. The van der Waals surface area contributed by atoms with Crippen molar-refractivity contribution in [1.82, 2.24) is 4.90 Å². The molecular weight excluding hydrogens is 245 g/mol. The molecule has 0 N–H and O–H groups in total. The molecule has 0 atom stereocenters. The van der Waals surface area contributed by atoms with Crippen LogP contribution >= 0.6 is 23.2 Å². The van der Waals surface area contributed by atoms with Crippen LogP contribution in [0.2, 0.25) is 5.02 Å². The largest absolute Gasteiger partial charge is 0.338 e. The maximum Gasteiger partial charge on any atom is 0.254 e. The second-order valence-corrected chi connectivity index (χ2v) is 4.27. The van der Waals surface area contributed by atoms with E-state index < -0.39 is 0 Å². The first kappa shape index (κ1) is 13.3. The van der Waals surface area contributed by atoms with Crippen molar-refractivity contribution in [3.8, 4) is 0 Å². The predicted molar refractivity (Wildman–Crippen MR) is 68.5 cm³/mol. The minimum Gasteiger partial charge on any atom is -0.338 e. The Balaban J connectivity index is 2.99. The summed E-state index contributed by atoms with van der Waals surface area (Å²) in [6, 6.07) is 5.36. The van der Waals surface area contributed by atoms with Gasteiger partial charge in [0.15, 0.2) is 0 Å². The third-order valence-corrected chi connectivity index (χ3v) is 3.10. The van der Waals surface area contributed by atoms with Gasteiger partial charge in [-0.15, -0.1) is 11.6 Å². The van der Waals surface area contributed by atoms with Crippen molar-refractivity contribution in [2.24, 2.45) is 0 Å². The third kappa shape index (κ3) is 2.89. The van der Waals surface area contributed by atoms with Crippen LogP contribution in [0.4, 0.5) is 0 Å². The van der Waals surface area contributed by atoms with Crippen molar-refractivity contribution in [3.05, 3.63) is 34.3 Å². The molecule has 1 aromatic rings. The van der Waals surface area contributed by atoms with E-state index in [1.165, 1.54) is 0 Å². The molecule has 0 unspecified atom stereocenters. The van der Waals surface area contributed by atoms with Crippen molar-refractivity contribution in [3.63, 3.8) is 0 Å². The van der Waals surface area contributed by atoms with Gasteiger partial charge in [-0.05, 0) is 31.5 Å². The van der Waals surface area contributed by atoms with Gasteiger partial charge in [-0.25, -0.2) is 0 Å². The Morgan fingerprint density at radius 3 is 2.69 bits per heavy atom. The van der Waals surface area contributed by atoms with E-state index in [2.05, 4.69) is 0 Å². The summed E-state index contributed by atoms with van der Waals surface area (Å²) < 4.78 is 0. The molecule has 0 spiro atoms. The molecule has 0 bridgehead atoms. The van der Waals surface area contributed by atoms with E-state index in [0.717, 1.165) is 5.56 Å². The van der Waals surface area contributed by atoms with Crippen LogP contribution in [-0.4, -0.2) is 29.8 Å². The summed E-state index contributed by atoms with van der Waals surface area (Å²) in [5, 5.41) is 0.618.